The minimum atomic E-state index is -0.256. The van der Waals surface area contributed by atoms with Crippen LogP contribution in [0.15, 0.2) is 0 Å². The first-order chi connectivity index (χ1) is 8.99. The lowest BCUT2D eigenvalue weighted by Crippen LogP contribution is -2.48. The van der Waals surface area contributed by atoms with Crippen LogP contribution in [0.2, 0.25) is 5.02 Å². The van der Waals surface area contributed by atoms with Crippen molar-refractivity contribution < 1.29 is 4.79 Å². The summed E-state index contributed by atoms with van der Waals surface area (Å²) in [6.07, 6.45) is 4.64. The lowest BCUT2D eigenvalue weighted by molar-refractivity contribution is -0.120. The van der Waals surface area contributed by atoms with Gasteiger partial charge in [0.05, 0.1) is 16.4 Å². The zero-order valence-corrected chi connectivity index (χ0v) is 12.5. The van der Waals surface area contributed by atoms with Crippen molar-refractivity contribution in [2.75, 3.05) is 0 Å². The number of carbonyl (C=O) groups is 1. The van der Waals surface area contributed by atoms with E-state index in [0.29, 0.717) is 17.9 Å². The Labute approximate surface area is 119 Å². The molecule has 5 heteroatoms. The Kier molecular flexibility index (Phi) is 4.31. The summed E-state index contributed by atoms with van der Waals surface area (Å²) < 4.78 is 1.84. The van der Waals surface area contributed by atoms with E-state index in [-0.39, 0.29) is 11.3 Å². The number of rotatable bonds is 6. The van der Waals surface area contributed by atoms with E-state index in [4.69, 9.17) is 17.3 Å². The summed E-state index contributed by atoms with van der Waals surface area (Å²) in [6, 6.07) is 0. The van der Waals surface area contributed by atoms with E-state index in [1.807, 2.05) is 18.5 Å². The Morgan fingerprint density at radius 1 is 1.47 bits per heavy atom. The summed E-state index contributed by atoms with van der Waals surface area (Å²) in [7, 11) is 0. The maximum absolute atomic E-state index is 12.2. The number of halogens is 1. The minimum absolute atomic E-state index is 0.168. The zero-order valence-electron chi connectivity index (χ0n) is 11.7. The van der Waals surface area contributed by atoms with Crippen LogP contribution < -0.4 is 5.73 Å². The molecule has 1 aliphatic carbocycles. The number of nitrogens with zero attached hydrogens (tertiary/aromatic N) is 2. The van der Waals surface area contributed by atoms with Gasteiger partial charge in [0.1, 0.15) is 5.78 Å². The van der Waals surface area contributed by atoms with Crippen LogP contribution >= 0.6 is 11.6 Å². The van der Waals surface area contributed by atoms with Crippen molar-refractivity contribution in [2.45, 2.75) is 64.5 Å². The first-order valence-electron chi connectivity index (χ1n) is 7.03. The van der Waals surface area contributed by atoms with Crippen molar-refractivity contribution >= 4 is 17.4 Å². The highest BCUT2D eigenvalue weighted by Crippen LogP contribution is 2.33. The average Bonchev–Trinajstić information content (AvgIpc) is 2.64. The van der Waals surface area contributed by atoms with E-state index in [1.54, 1.807) is 0 Å². The van der Waals surface area contributed by atoms with Gasteiger partial charge in [-0.25, -0.2) is 0 Å². The van der Waals surface area contributed by atoms with Crippen LogP contribution in [0.3, 0.4) is 0 Å². The van der Waals surface area contributed by atoms with Crippen LogP contribution in [0.1, 0.15) is 50.9 Å². The third-order valence-corrected chi connectivity index (χ3v) is 4.39. The molecule has 0 radical (unpaired) electrons. The molecule has 0 amide bonds. The number of aryl methyl sites for hydroxylation is 2. The van der Waals surface area contributed by atoms with Gasteiger partial charge in [-0.05, 0) is 32.6 Å². The number of hydrogen-bond donors (Lipinski definition) is 1. The SMILES string of the molecule is CCc1nn(CC)c(CC(=O)CC2(N)CCC2)c1Cl. The fourth-order valence-electron chi connectivity index (χ4n) is 2.64. The molecule has 0 spiro atoms. The Balaban J connectivity index is 2.09. The molecule has 1 aliphatic rings. The van der Waals surface area contributed by atoms with E-state index >= 15 is 0 Å². The zero-order chi connectivity index (χ0) is 14.0. The highest BCUT2D eigenvalue weighted by atomic mass is 35.5. The molecule has 106 valence electrons. The molecular weight excluding hydrogens is 262 g/mol. The Hall–Kier alpha value is -0.870. The van der Waals surface area contributed by atoms with E-state index in [1.165, 1.54) is 0 Å². The number of Topliss-reactive ketones (excluding diaryl/α,β-unsaturated/α-hetero) is 1. The van der Waals surface area contributed by atoms with Crippen LogP contribution in [-0.4, -0.2) is 21.1 Å². The fourth-order valence-corrected chi connectivity index (χ4v) is 2.97. The standard InChI is InChI=1S/C14H22ClN3O/c1-3-11-13(15)12(18(4-2)17-11)8-10(19)9-14(16)6-5-7-14/h3-9,16H2,1-2H3. The molecule has 2 N–H and O–H groups in total. The maximum atomic E-state index is 12.2. The van der Waals surface area contributed by atoms with Crippen LogP contribution in [0.5, 0.6) is 0 Å². The molecule has 0 aromatic carbocycles. The molecule has 1 aromatic heterocycles. The number of carbonyl (C=O) groups excluding carboxylic acids is 1. The summed E-state index contributed by atoms with van der Waals surface area (Å²) in [5.41, 5.74) is 7.58. The van der Waals surface area contributed by atoms with Gasteiger partial charge in [0, 0.05) is 24.9 Å². The average molecular weight is 284 g/mol. The predicted molar refractivity (Wildman–Crippen MR) is 76.4 cm³/mol. The molecule has 1 fully saturated rings. The quantitative estimate of drug-likeness (QED) is 0.872. The van der Waals surface area contributed by atoms with Gasteiger partial charge in [0.25, 0.3) is 0 Å². The molecule has 0 saturated heterocycles. The second-order valence-electron chi connectivity index (χ2n) is 5.48. The predicted octanol–water partition coefficient (Wildman–Crippen LogP) is 2.50. The fraction of sp³-hybridized carbons (Fsp3) is 0.714. The molecule has 2 rings (SSSR count). The van der Waals surface area contributed by atoms with E-state index < -0.39 is 0 Å². The second kappa shape index (κ2) is 5.63. The first kappa shape index (κ1) is 14.5. The van der Waals surface area contributed by atoms with Crippen LogP contribution in [0.4, 0.5) is 0 Å². The summed E-state index contributed by atoms with van der Waals surface area (Å²) in [4.78, 5) is 12.2. The molecule has 0 atom stereocenters. The highest BCUT2D eigenvalue weighted by molar-refractivity contribution is 6.32. The topological polar surface area (TPSA) is 60.9 Å². The highest BCUT2D eigenvalue weighted by Gasteiger charge is 2.34. The van der Waals surface area contributed by atoms with E-state index in [0.717, 1.165) is 43.6 Å². The van der Waals surface area contributed by atoms with Crippen LogP contribution in [0, 0.1) is 0 Å². The summed E-state index contributed by atoms with van der Waals surface area (Å²) >= 11 is 6.30. The summed E-state index contributed by atoms with van der Waals surface area (Å²) in [5, 5.41) is 5.08. The molecule has 19 heavy (non-hydrogen) atoms. The van der Waals surface area contributed by atoms with Gasteiger partial charge in [-0.3, -0.25) is 9.48 Å². The molecule has 1 aromatic rings. The summed E-state index contributed by atoms with van der Waals surface area (Å²) in [6.45, 7) is 4.76. The largest absolute Gasteiger partial charge is 0.325 e. The minimum Gasteiger partial charge on any atom is -0.325 e. The number of hydrogen-bond acceptors (Lipinski definition) is 3. The number of ketones is 1. The van der Waals surface area contributed by atoms with Crippen LogP contribution in [0.25, 0.3) is 0 Å². The van der Waals surface area contributed by atoms with Gasteiger partial charge in [0.15, 0.2) is 0 Å². The first-order valence-corrected chi connectivity index (χ1v) is 7.41. The van der Waals surface area contributed by atoms with Crippen molar-refractivity contribution in [1.29, 1.82) is 0 Å². The number of aromatic nitrogens is 2. The van der Waals surface area contributed by atoms with Crippen molar-refractivity contribution in [3.8, 4) is 0 Å². The van der Waals surface area contributed by atoms with Crippen LogP contribution in [-0.2, 0) is 24.2 Å². The maximum Gasteiger partial charge on any atom is 0.140 e. The molecule has 0 aliphatic heterocycles. The molecule has 0 unspecified atom stereocenters. The molecule has 1 heterocycles. The van der Waals surface area contributed by atoms with Gasteiger partial charge >= 0.3 is 0 Å². The molecule has 1 saturated carbocycles. The molecular formula is C14H22ClN3O. The van der Waals surface area contributed by atoms with Gasteiger partial charge < -0.3 is 5.73 Å². The Bertz CT molecular complexity index is 477. The van der Waals surface area contributed by atoms with E-state index in [2.05, 4.69) is 5.10 Å². The molecule has 0 bridgehead atoms. The third kappa shape index (κ3) is 3.00. The monoisotopic (exact) mass is 283 g/mol. The molecule has 4 nitrogen and oxygen atoms in total. The third-order valence-electron chi connectivity index (χ3n) is 3.96. The van der Waals surface area contributed by atoms with Gasteiger partial charge in [-0.1, -0.05) is 18.5 Å². The van der Waals surface area contributed by atoms with E-state index in [9.17, 15) is 4.79 Å². The Morgan fingerprint density at radius 3 is 2.63 bits per heavy atom. The lowest BCUT2D eigenvalue weighted by atomic mass is 9.74. The smallest absolute Gasteiger partial charge is 0.140 e. The second-order valence-corrected chi connectivity index (χ2v) is 5.86. The Morgan fingerprint density at radius 2 is 2.16 bits per heavy atom. The van der Waals surface area contributed by atoms with Gasteiger partial charge in [-0.15, -0.1) is 0 Å². The number of nitrogens with two attached hydrogens (primary N) is 1. The lowest BCUT2D eigenvalue weighted by Gasteiger charge is -2.37. The van der Waals surface area contributed by atoms with Crippen molar-refractivity contribution in [1.82, 2.24) is 9.78 Å². The van der Waals surface area contributed by atoms with Gasteiger partial charge in [-0.2, -0.15) is 5.10 Å². The van der Waals surface area contributed by atoms with Gasteiger partial charge in [0.2, 0.25) is 0 Å². The van der Waals surface area contributed by atoms with Crippen molar-refractivity contribution in [3.63, 3.8) is 0 Å². The van der Waals surface area contributed by atoms with Crippen molar-refractivity contribution in [2.24, 2.45) is 5.73 Å². The van der Waals surface area contributed by atoms with Crippen molar-refractivity contribution in [3.05, 3.63) is 16.4 Å². The summed E-state index contributed by atoms with van der Waals surface area (Å²) in [5.74, 6) is 0.168. The normalized spacial score (nSPS) is 17.3.